The van der Waals surface area contributed by atoms with Gasteiger partial charge in [0.05, 0.1) is 18.6 Å². The lowest BCUT2D eigenvalue weighted by Crippen LogP contribution is -2.16. The molecular weight excluding hydrogens is 204 g/mol. The van der Waals surface area contributed by atoms with Gasteiger partial charge in [0.15, 0.2) is 5.75 Å². The molecule has 0 saturated carbocycles. The Labute approximate surface area is 86.6 Å². The average molecular weight is 213 g/mol. The molecule has 0 aliphatic carbocycles. The molecule has 0 bridgehead atoms. The molecule has 0 spiro atoms. The van der Waals surface area contributed by atoms with Gasteiger partial charge in [-0.3, -0.25) is 4.79 Å². The second-order valence-electron chi connectivity index (χ2n) is 3.07. The highest BCUT2D eigenvalue weighted by atomic mass is 35.5. The molecule has 1 heterocycles. The Morgan fingerprint density at radius 1 is 1.43 bits per heavy atom. The van der Waals surface area contributed by atoms with Crippen LogP contribution in [0.15, 0.2) is 12.1 Å². The standard InChI is InChI=1S/C10H9ClO3/c1-13-7-4-6-2-3-9(12)14-10(6)8(11)5-7/h4-5H,2-3H2,1H3. The zero-order valence-electron chi connectivity index (χ0n) is 7.67. The van der Waals surface area contributed by atoms with Crippen molar-refractivity contribution >= 4 is 17.6 Å². The Hall–Kier alpha value is -1.22. The normalized spacial score (nSPS) is 14.6. The van der Waals surface area contributed by atoms with E-state index in [-0.39, 0.29) is 5.97 Å². The van der Waals surface area contributed by atoms with E-state index >= 15 is 0 Å². The van der Waals surface area contributed by atoms with Crippen molar-refractivity contribution in [3.8, 4) is 11.5 Å². The van der Waals surface area contributed by atoms with Gasteiger partial charge in [-0.15, -0.1) is 0 Å². The summed E-state index contributed by atoms with van der Waals surface area (Å²) < 4.78 is 10.1. The van der Waals surface area contributed by atoms with Crippen molar-refractivity contribution in [1.29, 1.82) is 0 Å². The molecule has 1 aliphatic heterocycles. The molecule has 0 N–H and O–H groups in total. The summed E-state index contributed by atoms with van der Waals surface area (Å²) in [6.07, 6.45) is 1.06. The number of fused-ring (bicyclic) bond motifs is 1. The molecule has 3 nitrogen and oxygen atoms in total. The smallest absolute Gasteiger partial charge is 0.311 e. The van der Waals surface area contributed by atoms with Crippen molar-refractivity contribution in [2.24, 2.45) is 0 Å². The number of carbonyl (C=O) groups excluding carboxylic acids is 1. The summed E-state index contributed by atoms with van der Waals surface area (Å²) in [4.78, 5) is 11.0. The van der Waals surface area contributed by atoms with Crippen LogP contribution < -0.4 is 9.47 Å². The number of benzene rings is 1. The maximum atomic E-state index is 11.0. The average Bonchev–Trinajstić information content (AvgIpc) is 2.19. The molecule has 0 amide bonds. The third-order valence-electron chi connectivity index (χ3n) is 2.14. The molecule has 0 atom stereocenters. The maximum absolute atomic E-state index is 11.0. The van der Waals surface area contributed by atoms with E-state index in [2.05, 4.69) is 0 Å². The second-order valence-corrected chi connectivity index (χ2v) is 3.48. The Bertz CT molecular complexity index is 387. The van der Waals surface area contributed by atoms with Crippen LogP contribution in [0, 0.1) is 0 Å². The third kappa shape index (κ3) is 1.55. The monoisotopic (exact) mass is 212 g/mol. The van der Waals surface area contributed by atoms with Gasteiger partial charge in [-0.1, -0.05) is 11.6 Å². The zero-order chi connectivity index (χ0) is 10.1. The van der Waals surface area contributed by atoms with E-state index in [9.17, 15) is 4.79 Å². The minimum Gasteiger partial charge on any atom is -0.497 e. The number of aryl methyl sites for hydroxylation is 1. The van der Waals surface area contributed by atoms with Crippen LogP contribution in [0.3, 0.4) is 0 Å². The Morgan fingerprint density at radius 2 is 2.21 bits per heavy atom. The fourth-order valence-corrected chi connectivity index (χ4v) is 1.71. The van der Waals surface area contributed by atoms with Crippen LogP contribution in [0.4, 0.5) is 0 Å². The highest BCUT2D eigenvalue weighted by Crippen LogP contribution is 2.36. The fraction of sp³-hybridized carbons (Fsp3) is 0.300. The SMILES string of the molecule is COc1cc(Cl)c2c(c1)CCC(=O)O2. The number of ether oxygens (including phenoxy) is 2. The number of hydrogen-bond donors (Lipinski definition) is 0. The van der Waals surface area contributed by atoms with Crippen molar-refractivity contribution in [1.82, 2.24) is 0 Å². The summed E-state index contributed by atoms with van der Waals surface area (Å²) in [5, 5.41) is 0.424. The van der Waals surface area contributed by atoms with Gasteiger partial charge in [0.25, 0.3) is 0 Å². The molecule has 0 aromatic heterocycles. The Kier molecular flexibility index (Phi) is 2.33. The van der Waals surface area contributed by atoms with Crippen molar-refractivity contribution in [2.75, 3.05) is 7.11 Å². The van der Waals surface area contributed by atoms with Crippen LogP contribution in [0.2, 0.25) is 5.02 Å². The van der Waals surface area contributed by atoms with Crippen LogP contribution in [-0.4, -0.2) is 13.1 Å². The predicted octanol–water partition coefficient (Wildman–Crippen LogP) is 2.20. The van der Waals surface area contributed by atoms with Crippen molar-refractivity contribution < 1.29 is 14.3 Å². The van der Waals surface area contributed by atoms with Gasteiger partial charge in [-0.2, -0.15) is 0 Å². The fourth-order valence-electron chi connectivity index (χ4n) is 1.44. The Morgan fingerprint density at radius 3 is 2.93 bits per heavy atom. The van der Waals surface area contributed by atoms with E-state index in [4.69, 9.17) is 21.1 Å². The predicted molar refractivity (Wildman–Crippen MR) is 52.0 cm³/mol. The number of methoxy groups -OCH3 is 1. The minimum atomic E-state index is -0.232. The van der Waals surface area contributed by atoms with Gasteiger partial charge in [-0.05, 0) is 12.5 Å². The number of rotatable bonds is 1. The lowest BCUT2D eigenvalue weighted by molar-refractivity contribution is -0.135. The van der Waals surface area contributed by atoms with Gasteiger partial charge in [0.2, 0.25) is 0 Å². The lowest BCUT2D eigenvalue weighted by Gasteiger charge is -2.17. The molecular formula is C10H9ClO3. The summed E-state index contributed by atoms with van der Waals surface area (Å²) in [7, 11) is 1.58. The largest absolute Gasteiger partial charge is 0.497 e. The van der Waals surface area contributed by atoms with Crippen LogP contribution in [0.1, 0.15) is 12.0 Å². The topological polar surface area (TPSA) is 35.5 Å². The van der Waals surface area contributed by atoms with E-state index in [1.807, 2.05) is 6.07 Å². The first-order valence-electron chi connectivity index (χ1n) is 4.28. The van der Waals surface area contributed by atoms with Crippen LogP contribution in [0.5, 0.6) is 11.5 Å². The van der Waals surface area contributed by atoms with Crippen LogP contribution in [0.25, 0.3) is 0 Å². The molecule has 4 heteroatoms. The molecule has 74 valence electrons. The van der Waals surface area contributed by atoms with Gasteiger partial charge in [0, 0.05) is 11.6 Å². The zero-order valence-corrected chi connectivity index (χ0v) is 8.43. The molecule has 1 aromatic carbocycles. The third-order valence-corrected chi connectivity index (χ3v) is 2.42. The maximum Gasteiger partial charge on any atom is 0.311 e. The van der Waals surface area contributed by atoms with Crippen molar-refractivity contribution in [3.63, 3.8) is 0 Å². The van der Waals surface area contributed by atoms with Gasteiger partial charge in [-0.25, -0.2) is 0 Å². The number of carbonyl (C=O) groups is 1. The highest BCUT2D eigenvalue weighted by molar-refractivity contribution is 6.32. The lowest BCUT2D eigenvalue weighted by atomic mass is 10.1. The van der Waals surface area contributed by atoms with Gasteiger partial charge in [0.1, 0.15) is 5.75 Å². The molecule has 0 radical (unpaired) electrons. The quantitative estimate of drug-likeness (QED) is 0.529. The number of hydrogen-bond acceptors (Lipinski definition) is 3. The van der Waals surface area contributed by atoms with E-state index in [1.54, 1.807) is 13.2 Å². The van der Waals surface area contributed by atoms with Gasteiger partial charge < -0.3 is 9.47 Å². The van der Waals surface area contributed by atoms with Crippen LogP contribution in [-0.2, 0) is 11.2 Å². The van der Waals surface area contributed by atoms with Crippen LogP contribution >= 0.6 is 11.6 Å². The number of esters is 1. The Balaban J connectivity index is 2.48. The van der Waals surface area contributed by atoms with Gasteiger partial charge >= 0.3 is 5.97 Å². The molecule has 0 fully saturated rings. The highest BCUT2D eigenvalue weighted by Gasteiger charge is 2.20. The summed E-state index contributed by atoms with van der Waals surface area (Å²) >= 11 is 5.93. The first kappa shape index (κ1) is 9.34. The number of halogens is 1. The summed E-state index contributed by atoms with van der Waals surface area (Å²) in [6, 6.07) is 3.48. The van der Waals surface area contributed by atoms with E-state index in [0.29, 0.717) is 29.4 Å². The molecule has 1 aromatic rings. The first-order valence-corrected chi connectivity index (χ1v) is 4.65. The van der Waals surface area contributed by atoms with Crippen molar-refractivity contribution in [2.45, 2.75) is 12.8 Å². The summed E-state index contributed by atoms with van der Waals surface area (Å²) in [6.45, 7) is 0. The first-order chi connectivity index (χ1) is 6.70. The molecule has 0 unspecified atom stereocenters. The molecule has 2 rings (SSSR count). The molecule has 1 aliphatic rings. The summed E-state index contributed by atoms with van der Waals surface area (Å²) in [5.74, 6) is 0.931. The van der Waals surface area contributed by atoms with Crippen molar-refractivity contribution in [3.05, 3.63) is 22.7 Å². The minimum absolute atomic E-state index is 0.232. The molecule has 0 saturated heterocycles. The van der Waals surface area contributed by atoms with E-state index < -0.39 is 0 Å². The molecule has 14 heavy (non-hydrogen) atoms. The van der Waals surface area contributed by atoms with E-state index in [1.165, 1.54) is 0 Å². The van der Waals surface area contributed by atoms with E-state index in [0.717, 1.165) is 5.56 Å². The summed E-state index contributed by atoms with van der Waals surface area (Å²) in [5.41, 5.74) is 0.925. The second kappa shape index (κ2) is 3.50.